The molecule has 2 heterocycles. The Morgan fingerprint density at radius 2 is 0.891 bits per heavy atom. The molecule has 7 N–H and O–H groups in total. The molecule has 0 aromatic rings. The number of hydrogen-bond acceptors (Lipinski definition) is 12. The molecule has 12 heteroatoms. The molecular weight excluding hydrogens is 600 g/mol. The van der Waals surface area contributed by atoms with Crippen molar-refractivity contribution in [3.63, 3.8) is 0 Å². The molecule has 2 aliphatic rings. The van der Waals surface area contributed by atoms with E-state index in [2.05, 4.69) is 6.92 Å². The lowest BCUT2D eigenvalue weighted by Crippen LogP contribution is -2.63. The summed E-state index contributed by atoms with van der Waals surface area (Å²) >= 11 is 0. The third kappa shape index (κ3) is 15.1. The zero-order valence-electron chi connectivity index (χ0n) is 28.0. The van der Waals surface area contributed by atoms with E-state index in [9.17, 15) is 40.5 Å². The molecule has 0 spiro atoms. The highest BCUT2D eigenvalue weighted by atomic mass is 16.8. The summed E-state index contributed by atoms with van der Waals surface area (Å²) in [6.45, 7) is 1.17. The summed E-state index contributed by atoms with van der Waals surface area (Å²) in [5.74, 6) is -0.477. The van der Waals surface area contributed by atoms with Gasteiger partial charge in [0.2, 0.25) is 0 Å². The van der Waals surface area contributed by atoms with E-state index in [1.54, 1.807) is 0 Å². The van der Waals surface area contributed by atoms with E-state index in [1.807, 2.05) is 0 Å². The lowest BCUT2D eigenvalue weighted by atomic mass is 9.98. The summed E-state index contributed by atoms with van der Waals surface area (Å²) in [4.78, 5) is 12.3. The van der Waals surface area contributed by atoms with Crippen LogP contribution in [0.4, 0.5) is 0 Å². The Kier molecular flexibility index (Phi) is 21.7. The molecule has 0 aromatic heterocycles. The molecule has 0 saturated carbocycles. The van der Waals surface area contributed by atoms with Gasteiger partial charge in [-0.2, -0.15) is 0 Å². The minimum absolute atomic E-state index is 0.206. The standard InChI is InChI=1S/C34H64O12/c1-2-3-4-5-6-7-8-9-10-11-12-13-14-15-16-17-18-19-20-21-26(36)43-23-25-28(38)30(40)32(42)34(45-25)46-33-31(41)29(39)27(37)24(22-35)44-33/h24-25,27-35,37-42H,2-23H2,1H3/t24-,25-,27-,28-,29+,30+,31-,32-,33-,34-/m1/s1. The third-order valence-electron chi connectivity index (χ3n) is 9.18. The van der Waals surface area contributed by atoms with Crippen LogP contribution in [0.5, 0.6) is 0 Å². The minimum atomic E-state index is -1.76. The first-order valence-electron chi connectivity index (χ1n) is 18.0. The fourth-order valence-electron chi connectivity index (χ4n) is 6.07. The Bertz CT molecular complexity index is 770. The molecule has 2 aliphatic heterocycles. The molecule has 2 saturated heterocycles. The van der Waals surface area contributed by atoms with Gasteiger partial charge in [0.1, 0.15) is 55.4 Å². The van der Waals surface area contributed by atoms with Crippen LogP contribution in [0.2, 0.25) is 0 Å². The average Bonchev–Trinajstić information content (AvgIpc) is 3.05. The van der Waals surface area contributed by atoms with Gasteiger partial charge < -0.3 is 54.7 Å². The van der Waals surface area contributed by atoms with Crippen LogP contribution in [0.15, 0.2) is 0 Å². The molecule has 12 nitrogen and oxygen atoms in total. The second-order valence-corrected chi connectivity index (χ2v) is 13.1. The molecule has 2 fully saturated rings. The van der Waals surface area contributed by atoms with Crippen LogP contribution in [-0.4, -0.2) is 116 Å². The van der Waals surface area contributed by atoms with E-state index in [4.69, 9.17) is 18.9 Å². The van der Waals surface area contributed by atoms with Crippen molar-refractivity contribution in [1.82, 2.24) is 0 Å². The Morgan fingerprint density at radius 3 is 1.30 bits per heavy atom. The van der Waals surface area contributed by atoms with Crippen molar-refractivity contribution >= 4 is 5.97 Å². The van der Waals surface area contributed by atoms with Gasteiger partial charge in [0.05, 0.1) is 6.61 Å². The minimum Gasteiger partial charge on any atom is -0.463 e. The van der Waals surface area contributed by atoms with Crippen LogP contribution in [0.3, 0.4) is 0 Å². The number of aliphatic hydroxyl groups is 7. The zero-order valence-corrected chi connectivity index (χ0v) is 28.0. The summed E-state index contributed by atoms with van der Waals surface area (Å²) in [6, 6.07) is 0. The van der Waals surface area contributed by atoms with Crippen LogP contribution in [0, 0.1) is 0 Å². The number of rotatable bonds is 25. The molecule has 0 unspecified atom stereocenters. The second kappa shape index (κ2) is 24.2. The van der Waals surface area contributed by atoms with Gasteiger partial charge >= 0.3 is 5.97 Å². The van der Waals surface area contributed by atoms with E-state index in [0.717, 1.165) is 19.3 Å². The normalized spacial score (nSPS) is 31.7. The summed E-state index contributed by atoms with van der Waals surface area (Å²) in [7, 11) is 0. The zero-order chi connectivity index (χ0) is 33.7. The van der Waals surface area contributed by atoms with Crippen molar-refractivity contribution in [3.8, 4) is 0 Å². The number of carbonyl (C=O) groups excluding carboxylic acids is 1. The molecule has 0 amide bonds. The molecule has 272 valence electrons. The van der Waals surface area contributed by atoms with E-state index in [1.165, 1.54) is 96.3 Å². The van der Waals surface area contributed by atoms with Gasteiger partial charge in [0.15, 0.2) is 12.6 Å². The number of esters is 1. The van der Waals surface area contributed by atoms with Crippen LogP contribution in [0.25, 0.3) is 0 Å². The first kappa shape index (κ1) is 41.2. The average molecular weight is 665 g/mol. The lowest BCUT2D eigenvalue weighted by Gasteiger charge is -2.44. The van der Waals surface area contributed by atoms with E-state index in [0.29, 0.717) is 6.42 Å². The van der Waals surface area contributed by atoms with Crippen molar-refractivity contribution in [3.05, 3.63) is 0 Å². The van der Waals surface area contributed by atoms with Crippen LogP contribution in [0.1, 0.15) is 135 Å². The smallest absolute Gasteiger partial charge is 0.305 e. The monoisotopic (exact) mass is 664 g/mol. The Hall–Kier alpha value is -0.930. The van der Waals surface area contributed by atoms with Crippen molar-refractivity contribution in [1.29, 1.82) is 0 Å². The van der Waals surface area contributed by atoms with Crippen LogP contribution in [-0.2, 0) is 23.7 Å². The molecular formula is C34H64O12. The van der Waals surface area contributed by atoms with E-state index in [-0.39, 0.29) is 6.42 Å². The first-order chi connectivity index (χ1) is 22.2. The number of aliphatic hydroxyl groups excluding tert-OH is 7. The molecule has 0 aromatic carbocycles. The lowest BCUT2D eigenvalue weighted by molar-refractivity contribution is -0.376. The highest BCUT2D eigenvalue weighted by Crippen LogP contribution is 2.28. The maximum atomic E-state index is 12.3. The predicted molar refractivity (Wildman–Crippen MR) is 171 cm³/mol. The summed E-state index contributed by atoms with van der Waals surface area (Å²) in [5.41, 5.74) is 0. The highest BCUT2D eigenvalue weighted by Gasteiger charge is 2.49. The quantitative estimate of drug-likeness (QED) is 0.0558. The van der Waals surface area contributed by atoms with Gasteiger partial charge in [-0.15, -0.1) is 0 Å². The van der Waals surface area contributed by atoms with E-state index >= 15 is 0 Å². The second-order valence-electron chi connectivity index (χ2n) is 13.1. The first-order valence-corrected chi connectivity index (χ1v) is 18.0. The summed E-state index contributed by atoms with van der Waals surface area (Å²) in [5, 5.41) is 70.4. The van der Waals surface area contributed by atoms with Gasteiger partial charge in [-0.25, -0.2) is 0 Å². The number of hydrogen-bond donors (Lipinski definition) is 7. The molecule has 2 rings (SSSR count). The van der Waals surface area contributed by atoms with Crippen LogP contribution >= 0.6 is 0 Å². The third-order valence-corrected chi connectivity index (χ3v) is 9.18. The molecule has 0 radical (unpaired) electrons. The molecule has 0 aliphatic carbocycles. The van der Waals surface area contributed by atoms with Gasteiger partial charge in [-0.1, -0.05) is 122 Å². The van der Waals surface area contributed by atoms with Crippen LogP contribution < -0.4 is 0 Å². The van der Waals surface area contributed by atoms with Crippen molar-refractivity contribution in [2.75, 3.05) is 13.2 Å². The summed E-state index contributed by atoms with van der Waals surface area (Å²) in [6.07, 6.45) is 8.29. The van der Waals surface area contributed by atoms with E-state index < -0.39 is 80.6 Å². The largest absolute Gasteiger partial charge is 0.463 e. The van der Waals surface area contributed by atoms with Gasteiger partial charge in [-0.3, -0.25) is 4.79 Å². The fraction of sp³-hybridized carbons (Fsp3) is 0.971. The van der Waals surface area contributed by atoms with Crippen molar-refractivity contribution in [2.24, 2.45) is 0 Å². The van der Waals surface area contributed by atoms with Crippen molar-refractivity contribution in [2.45, 2.75) is 197 Å². The van der Waals surface area contributed by atoms with Gasteiger partial charge in [-0.05, 0) is 6.42 Å². The Labute approximate surface area is 275 Å². The fourth-order valence-corrected chi connectivity index (χ4v) is 6.07. The maximum Gasteiger partial charge on any atom is 0.305 e. The Balaban J connectivity index is 1.50. The number of unbranched alkanes of at least 4 members (excludes halogenated alkanes) is 18. The maximum absolute atomic E-state index is 12.3. The molecule has 10 atom stereocenters. The van der Waals surface area contributed by atoms with Gasteiger partial charge in [0.25, 0.3) is 0 Å². The highest BCUT2D eigenvalue weighted by molar-refractivity contribution is 5.69. The predicted octanol–water partition coefficient (Wildman–Crippen LogP) is 2.98. The number of ether oxygens (including phenoxy) is 4. The SMILES string of the molecule is CCCCCCCCCCCCCCCCCCCCCC(=O)OC[C@H]1O[C@H](O[C@H]2O[C@H](CO)[C@@H](O)[C@H](O)[C@H]2O)[C@H](O)[C@@H](O)[C@@H]1O. The Morgan fingerprint density at radius 1 is 0.522 bits per heavy atom. The van der Waals surface area contributed by atoms with Gasteiger partial charge in [0, 0.05) is 6.42 Å². The molecule has 46 heavy (non-hydrogen) atoms. The topological polar surface area (TPSA) is 196 Å². The number of carbonyl (C=O) groups is 1. The summed E-state index contributed by atoms with van der Waals surface area (Å²) < 4.78 is 21.4. The van der Waals surface area contributed by atoms with Crippen molar-refractivity contribution < 1.29 is 59.5 Å². The molecule has 0 bridgehead atoms.